The Morgan fingerprint density at radius 1 is 1.05 bits per heavy atom. The number of carboxylic acids is 1. The van der Waals surface area contributed by atoms with Crippen LogP contribution in [0.1, 0.15) is 63.1 Å². The molecule has 1 saturated carbocycles. The van der Waals surface area contributed by atoms with Crippen LogP contribution in [0.4, 0.5) is 4.79 Å². The number of amides is 2. The Balaban J connectivity index is 1.44. The van der Waals surface area contributed by atoms with E-state index in [1.165, 1.54) is 0 Å². The lowest BCUT2D eigenvalue weighted by molar-refractivity contribution is -0.142. The highest BCUT2D eigenvalue weighted by molar-refractivity contribution is 5.85. The SMILES string of the molecule is CC(C)(C)OC(=O)NCC1CCC(C(=O)N[C@@H](Cc2ccc(OCc3cccc(C#N)c3)cc2)C(=O)O)CC1. The molecule has 39 heavy (non-hydrogen) atoms. The normalized spacial score (nSPS) is 17.8. The van der Waals surface area contributed by atoms with E-state index in [0.717, 1.165) is 24.0 Å². The molecule has 0 aliphatic heterocycles. The van der Waals surface area contributed by atoms with Crippen LogP contribution in [0, 0.1) is 23.2 Å². The molecule has 0 radical (unpaired) electrons. The Morgan fingerprint density at radius 2 is 1.74 bits per heavy atom. The van der Waals surface area contributed by atoms with Crippen LogP contribution in [-0.2, 0) is 27.4 Å². The highest BCUT2D eigenvalue weighted by Crippen LogP contribution is 2.29. The average molecular weight is 536 g/mol. The predicted molar refractivity (Wildman–Crippen MR) is 145 cm³/mol. The molecule has 9 heteroatoms. The Labute approximate surface area is 229 Å². The number of ether oxygens (including phenoxy) is 2. The summed E-state index contributed by atoms with van der Waals surface area (Å²) in [7, 11) is 0. The van der Waals surface area contributed by atoms with Crippen molar-refractivity contribution in [1.82, 2.24) is 10.6 Å². The number of aliphatic carboxylic acids is 1. The van der Waals surface area contributed by atoms with E-state index in [4.69, 9.17) is 14.7 Å². The maximum absolute atomic E-state index is 12.8. The Kier molecular flexibility index (Phi) is 10.3. The fraction of sp³-hybridized carbons (Fsp3) is 0.467. The van der Waals surface area contributed by atoms with Gasteiger partial charge < -0.3 is 25.2 Å². The number of carboxylic acid groups (broad SMARTS) is 1. The first kappa shape index (κ1) is 29.5. The van der Waals surface area contributed by atoms with Gasteiger partial charge in [-0.05, 0) is 87.8 Å². The molecule has 0 unspecified atom stereocenters. The molecule has 0 heterocycles. The molecule has 3 N–H and O–H groups in total. The van der Waals surface area contributed by atoms with Crippen LogP contribution < -0.4 is 15.4 Å². The van der Waals surface area contributed by atoms with Crippen LogP contribution in [0.3, 0.4) is 0 Å². The largest absolute Gasteiger partial charge is 0.489 e. The van der Waals surface area contributed by atoms with Crippen LogP contribution in [-0.4, -0.2) is 41.3 Å². The number of carbonyl (C=O) groups excluding carboxylic acids is 2. The van der Waals surface area contributed by atoms with Crippen LogP contribution in [0.15, 0.2) is 48.5 Å². The second-order valence-corrected chi connectivity index (χ2v) is 10.9. The number of rotatable bonds is 10. The fourth-order valence-electron chi connectivity index (χ4n) is 4.52. The van der Waals surface area contributed by atoms with Crippen molar-refractivity contribution in [1.29, 1.82) is 5.26 Å². The third-order valence-corrected chi connectivity index (χ3v) is 6.59. The highest BCUT2D eigenvalue weighted by atomic mass is 16.6. The molecular weight excluding hydrogens is 498 g/mol. The molecule has 0 saturated heterocycles. The number of nitrogens with zero attached hydrogens (tertiary/aromatic N) is 1. The van der Waals surface area contributed by atoms with Crippen molar-refractivity contribution in [3.63, 3.8) is 0 Å². The number of carbonyl (C=O) groups is 3. The van der Waals surface area contributed by atoms with Gasteiger partial charge in [-0.15, -0.1) is 0 Å². The molecule has 3 rings (SSSR count). The van der Waals surface area contributed by atoms with Gasteiger partial charge in [0, 0.05) is 18.9 Å². The van der Waals surface area contributed by atoms with E-state index in [9.17, 15) is 19.5 Å². The monoisotopic (exact) mass is 535 g/mol. The molecule has 0 bridgehead atoms. The number of benzene rings is 2. The van der Waals surface area contributed by atoms with Crippen LogP contribution in [0.25, 0.3) is 0 Å². The molecule has 1 aliphatic carbocycles. The fourth-order valence-corrected chi connectivity index (χ4v) is 4.52. The molecule has 0 spiro atoms. The van der Waals surface area contributed by atoms with Gasteiger partial charge in [0.05, 0.1) is 11.6 Å². The van der Waals surface area contributed by atoms with Gasteiger partial charge in [-0.2, -0.15) is 5.26 Å². The van der Waals surface area contributed by atoms with Crippen LogP contribution in [0.5, 0.6) is 5.75 Å². The molecule has 9 nitrogen and oxygen atoms in total. The summed E-state index contributed by atoms with van der Waals surface area (Å²) in [5, 5.41) is 24.2. The highest BCUT2D eigenvalue weighted by Gasteiger charge is 2.30. The van der Waals surface area contributed by atoms with Gasteiger partial charge in [0.1, 0.15) is 24.0 Å². The van der Waals surface area contributed by atoms with E-state index in [-0.39, 0.29) is 24.2 Å². The summed E-state index contributed by atoms with van der Waals surface area (Å²) in [4.78, 5) is 36.6. The Morgan fingerprint density at radius 3 is 2.36 bits per heavy atom. The lowest BCUT2D eigenvalue weighted by atomic mass is 9.81. The first-order valence-corrected chi connectivity index (χ1v) is 13.2. The van der Waals surface area contributed by atoms with Gasteiger partial charge in [-0.1, -0.05) is 24.3 Å². The molecular formula is C30H37N3O6. The van der Waals surface area contributed by atoms with Gasteiger partial charge in [0.25, 0.3) is 0 Å². The zero-order valence-corrected chi connectivity index (χ0v) is 22.7. The minimum Gasteiger partial charge on any atom is -0.489 e. The van der Waals surface area contributed by atoms with Crippen LogP contribution >= 0.6 is 0 Å². The van der Waals surface area contributed by atoms with E-state index in [2.05, 4.69) is 16.7 Å². The molecule has 0 aromatic heterocycles. The third-order valence-electron chi connectivity index (χ3n) is 6.59. The van der Waals surface area contributed by atoms with E-state index in [1.807, 2.05) is 26.8 Å². The van der Waals surface area contributed by atoms with Crippen molar-refractivity contribution in [2.75, 3.05) is 6.54 Å². The lowest BCUT2D eigenvalue weighted by Gasteiger charge is -2.29. The third kappa shape index (κ3) is 9.97. The summed E-state index contributed by atoms with van der Waals surface area (Å²) in [6, 6.07) is 15.3. The smallest absolute Gasteiger partial charge is 0.407 e. The maximum Gasteiger partial charge on any atom is 0.407 e. The number of nitrogens with one attached hydrogen (secondary N) is 2. The maximum atomic E-state index is 12.8. The predicted octanol–water partition coefficient (Wildman–Crippen LogP) is 4.58. The summed E-state index contributed by atoms with van der Waals surface area (Å²) in [6.07, 6.45) is 2.53. The number of hydrogen-bond donors (Lipinski definition) is 3. The molecule has 2 aromatic rings. The minimum absolute atomic E-state index is 0.153. The van der Waals surface area contributed by atoms with Crippen molar-refractivity contribution < 1.29 is 29.0 Å². The van der Waals surface area contributed by atoms with Gasteiger partial charge in [0.15, 0.2) is 0 Å². The molecule has 1 fully saturated rings. The summed E-state index contributed by atoms with van der Waals surface area (Å²) in [5.74, 6) is -0.709. The lowest BCUT2D eigenvalue weighted by Crippen LogP contribution is -2.46. The summed E-state index contributed by atoms with van der Waals surface area (Å²) >= 11 is 0. The van der Waals surface area contributed by atoms with Crippen molar-refractivity contribution in [2.45, 2.75) is 71.1 Å². The molecule has 1 aliphatic rings. The first-order valence-electron chi connectivity index (χ1n) is 13.2. The van der Waals surface area contributed by atoms with Gasteiger partial charge >= 0.3 is 12.1 Å². The number of alkyl carbamates (subject to hydrolysis) is 1. The molecule has 2 aromatic carbocycles. The topological polar surface area (TPSA) is 138 Å². The zero-order valence-electron chi connectivity index (χ0n) is 22.7. The summed E-state index contributed by atoms with van der Waals surface area (Å²) < 4.78 is 11.0. The Hall–Kier alpha value is -4.06. The van der Waals surface area contributed by atoms with E-state index >= 15 is 0 Å². The van der Waals surface area contributed by atoms with Crippen molar-refractivity contribution >= 4 is 18.0 Å². The van der Waals surface area contributed by atoms with Crippen molar-refractivity contribution in [3.8, 4) is 11.8 Å². The molecule has 1 atom stereocenters. The van der Waals surface area contributed by atoms with Gasteiger partial charge in [-0.3, -0.25) is 4.79 Å². The zero-order chi connectivity index (χ0) is 28.4. The standard InChI is InChI=1S/C30H37N3O6/c1-30(2,3)39-29(37)32-18-21-7-11-24(12-8-21)27(34)33-26(28(35)36)16-20-9-13-25(14-10-20)38-19-23-6-4-5-22(15-23)17-31/h4-6,9-10,13-15,21,24,26H,7-8,11-12,16,18-19H2,1-3H3,(H,32,37)(H,33,34)(H,35,36)/t21?,24?,26-/m0/s1. The van der Waals surface area contributed by atoms with Gasteiger partial charge in [0.2, 0.25) is 5.91 Å². The Bertz CT molecular complexity index is 1170. The number of nitriles is 1. The van der Waals surface area contributed by atoms with Crippen molar-refractivity contribution in [2.24, 2.45) is 11.8 Å². The number of hydrogen-bond acceptors (Lipinski definition) is 6. The van der Waals surface area contributed by atoms with Gasteiger partial charge in [-0.25, -0.2) is 9.59 Å². The first-order chi connectivity index (χ1) is 18.5. The minimum atomic E-state index is -1.09. The second kappa shape index (κ2) is 13.7. The van der Waals surface area contributed by atoms with Crippen LogP contribution in [0.2, 0.25) is 0 Å². The van der Waals surface area contributed by atoms with Crippen molar-refractivity contribution in [3.05, 3.63) is 65.2 Å². The van der Waals surface area contributed by atoms with E-state index in [0.29, 0.717) is 37.3 Å². The van der Waals surface area contributed by atoms with E-state index in [1.54, 1.807) is 42.5 Å². The molecule has 208 valence electrons. The summed E-state index contributed by atoms with van der Waals surface area (Å²) in [6.45, 7) is 6.23. The summed E-state index contributed by atoms with van der Waals surface area (Å²) in [5.41, 5.74) is 1.65. The average Bonchev–Trinajstić information content (AvgIpc) is 2.90. The molecule has 2 amide bonds. The quantitative estimate of drug-likeness (QED) is 0.405. The second-order valence-electron chi connectivity index (χ2n) is 10.9. The van der Waals surface area contributed by atoms with E-state index < -0.39 is 23.7 Å².